The summed E-state index contributed by atoms with van der Waals surface area (Å²) in [6, 6.07) is 7.87. The summed E-state index contributed by atoms with van der Waals surface area (Å²) in [6.45, 7) is 0. The second-order valence-corrected chi connectivity index (χ2v) is 3.96. The molecule has 3 nitrogen and oxygen atoms in total. The quantitative estimate of drug-likeness (QED) is 0.624. The summed E-state index contributed by atoms with van der Waals surface area (Å²) in [7, 11) is 0. The molecule has 3 aromatic rings. The fraction of sp³-hybridized carbons (Fsp3) is 0. The molecule has 0 N–H and O–H groups in total. The number of hydrogen-bond donors (Lipinski definition) is 0. The van der Waals surface area contributed by atoms with Gasteiger partial charge in [0.15, 0.2) is 5.82 Å². The Hall–Kier alpha value is -1.81. The van der Waals surface area contributed by atoms with Crippen molar-refractivity contribution >= 4 is 21.6 Å². The minimum Gasteiger partial charge on any atom is -0.244 e. The lowest BCUT2D eigenvalue weighted by molar-refractivity contribution is 1.18. The van der Waals surface area contributed by atoms with Crippen LogP contribution in [0.5, 0.6) is 0 Å². The van der Waals surface area contributed by atoms with Crippen LogP contribution in [-0.4, -0.2) is 15.0 Å². The van der Waals surface area contributed by atoms with Crippen molar-refractivity contribution in [3.8, 4) is 11.4 Å². The standard InChI is InChI=1S/C11H7N3S/c1-3-8(11-12-5-2-6-13-11)10-9(4-1)15-7-14-10/h1-7H. The number of hydrogen-bond acceptors (Lipinski definition) is 4. The molecule has 15 heavy (non-hydrogen) atoms. The minimum absolute atomic E-state index is 0.731. The topological polar surface area (TPSA) is 38.7 Å². The first-order chi connectivity index (χ1) is 7.45. The molecule has 4 heteroatoms. The number of para-hydroxylation sites is 1. The SMILES string of the molecule is c1cnc(-c2cccc3scnc23)nc1. The normalized spacial score (nSPS) is 10.7. The lowest BCUT2D eigenvalue weighted by atomic mass is 10.2. The van der Waals surface area contributed by atoms with Crippen LogP contribution in [0.3, 0.4) is 0 Å². The highest BCUT2D eigenvalue weighted by Crippen LogP contribution is 2.26. The average molecular weight is 213 g/mol. The molecule has 0 amide bonds. The van der Waals surface area contributed by atoms with E-state index in [0.717, 1.165) is 16.9 Å². The van der Waals surface area contributed by atoms with Crippen LogP contribution in [0.15, 0.2) is 42.2 Å². The number of nitrogens with zero attached hydrogens (tertiary/aromatic N) is 3. The third kappa shape index (κ3) is 1.39. The summed E-state index contributed by atoms with van der Waals surface area (Å²) in [6.07, 6.45) is 3.49. The van der Waals surface area contributed by atoms with Crippen LogP contribution in [0.1, 0.15) is 0 Å². The first-order valence-corrected chi connectivity index (χ1v) is 5.43. The fourth-order valence-electron chi connectivity index (χ4n) is 1.51. The van der Waals surface area contributed by atoms with E-state index in [4.69, 9.17) is 0 Å². The molecule has 0 bridgehead atoms. The van der Waals surface area contributed by atoms with Gasteiger partial charge in [0.1, 0.15) is 0 Å². The highest BCUT2D eigenvalue weighted by atomic mass is 32.1. The molecule has 0 saturated heterocycles. The van der Waals surface area contributed by atoms with Gasteiger partial charge < -0.3 is 0 Å². The summed E-state index contributed by atoms with van der Waals surface area (Å²) in [4.78, 5) is 12.8. The van der Waals surface area contributed by atoms with Gasteiger partial charge in [-0.3, -0.25) is 0 Å². The molecule has 0 saturated carbocycles. The Morgan fingerprint density at radius 2 is 1.80 bits per heavy atom. The Kier molecular flexibility index (Phi) is 1.93. The highest BCUT2D eigenvalue weighted by molar-refractivity contribution is 7.16. The van der Waals surface area contributed by atoms with Gasteiger partial charge in [-0.15, -0.1) is 11.3 Å². The van der Waals surface area contributed by atoms with Gasteiger partial charge in [-0.2, -0.15) is 0 Å². The van der Waals surface area contributed by atoms with Crippen molar-refractivity contribution < 1.29 is 0 Å². The number of aromatic nitrogens is 3. The van der Waals surface area contributed by atoms with Crippen molar-refractivity contribution in [2.24, 2.45) is 0 Å². The van der Waals surface area contributed by atoms with E-state index in [1.807, 2.05) is 23.7 Å². The molecule has 0 aliphatic heterocycles. The van der Waals surface area contributed by atoms with Crippen LogP contribution in [0.2, 0.25) is 0 Å². The van der Waals surface area contributed by atoms with Crippen LogP contribution in [0, 0.1) is 0 Å². The maximum Gasteiger partial charge on any atom is 0.161 e. The largest absolute Gasteiger partial charge is 0.244 e. The lowest BCUT2D eigenvalue weighted by Gasteiger charge is -1.99. The van der Waals surface area contributed by atoms with E-state index < -0.39 is 0 Å². The van der Waals surface area contributed by atoms with Gasteiger partial charge in [-0.1, -0.05) is 6.07 Å². The zero-order chi connectivity index (χ0) is 10.1. The van der Waals surface area contributed by atoms with E-state index in [9.17, 15) is 0 Å². The molecule has 3 rings (SSSR count). The molecule has 0 atom stereocenters. The average Bonchev–Trinajstić information content (AvgIpc) is 2.78. The first kappa shape index (κ1) is 8.49. The molecular formula is C11H7N3S. The van der Waals surface area contributed by atoms with Gasteiger partial charge in [0, 0.05) is 18.0 Å². The zero-order valence-electron chi connectivity index (χ0n) is 7.79. The second-order valence-electron chi connectivity index (χ2n) is 3.08. The van der Waals surface area contributed by atoms with E-state index >= 15 is 0 Å². The number of fused-ring (bicyclic) bond motifs is 1. The van der Waals surface area contributed by atoms with E-state index in [-0.39, 0.29) is 0 Å². The zero-order valence-corrected chi connectivity index (χ0v) is 8.61. The first-order valence-electron chi connectivity index (χ1n) is 4.55. The van der Waals surface area contributed by atoms with E-state index in [2.05, 4.69) is 21.0 Å². The van der Waals surface area contributed by atoms with Crippen molar-refractivity contribution in [3.05, 3.63) is 42.2 Å². The van der Waals surface area contributed by atoms with E-state index in [1.165, 1.54) is 4.70 Å². The fourth-order valence-corrected chi connectivity index (χ4v) is 2.21. The van der Waals surface area contributed by atoms with Crippen molar-refractivity contribution in [1.82, 2.24) is 15.0 Å². The molecule has 72 valence electrons. The van der Waals surface area contributed by atoms with Crippen LogP contribution in [-0.2, 0) is 0 Å². The number of rotatable bonds is 1. The van der Waals surface area contributed by atoms with Crippen molar-refractivity contribution in [3.63, 3.8) is 0 Å². The van der Waals surface area contributed by atoms with Gasteiger partial charge in [0.05, 0.1) is 15.7 Å². The van der Waals surface area contributed by atoms with Crippen LogP contribution in [0.25, 0.3) is 21.6 Å². The van der Waals surface area contributed by atoms with Crippen molar-refractivity contribution in [1.29, 1.82) is 0 Å². The van der Waals surface area contributed by atoms with Gasteiger partial charge in [0.25, 0.3) is 0 Å². The molecule has 0 aliphatic rings. The Morgan fingerprint density at radius 3 is 2.67 bits per heavy atom. The van der Waals surface area contributed by atoms with Crippen LogP contribution < -0.4 is 0 Å². The van der Waals surface area contributed by atoms with Crippen LogP contribution in [0.4, 0.5) is 0 Å². The molecule has 2 aromatic heterocycles. The van der Waals surface area contributed by atoms with E-state index in [0.29, 0.717) is 0 Å². The van der Waals surface area contributed by atoms with Gasteiger partial charge >= 0.3 is 0 Å². The summed E-state index contributed by atoms with van der Waals surface area (Å²) in [5.74, 6) is 0.731. The highest BCUT2D eigenvalue weighted by Gasteiger charge is 2.06. The molecule has 2 heterocycles. The van der Waals surface area contributed by atoms with Gasteiger partial charge in [-0.25, -0.2) is 15.0 Å². The third-order valence-corrected chi connectivity index (χ3v) is 2.96. The van der Waals surface area contributed by atoms with Crippen molar-refractivity contribution in [2.75, 3.05) is 0 Å². The summed E-state index contributed by atoms with van der Waals surface area (Å²) in [5, 5.41) is 0. The Morgan fingerprint density at radius 1 is 0.933 bits per heavy atom. The van der Waals surface area contributed by atoms with E-state index in [1.54, 1.807) is 23.7 Å². The maximum absolute atomic E-state index is 4.33. The molecule has 0 aliphatic carbocycles. The third-order valence-electron chi connectivity index (χ3n) is 2.17. The predicted octanol–water partition coefficient (Wildman–Crippen LogP) is 2.75. The summed E-state index contributed by atoms with van der Waals surface area (Å²) < 4.78 is 1.17. The number of benzene rings is 1. The molecular weight excluding hydrogens is 206 g/mol. The summed E-state index contributed by atoms with van der Waals surface area (Å²) in [5.41, 5.74) is 3.82. The Balaban J connectivity index is 2.31. The maximum atomic E-state index is 4.33. The monoisotopic (exact) mass is 213 g/mol. The molecule has 1 aromatic carbocycles. The number of thiazole rings is 1. The second kappa shape index (κ2) is 3.40. The molecule has 0 radical (unpaired) electrons. The predicted molar refractivity (Wildman–Crippen MR) is 60.6 cm³/mol. The lowest BCUT2D eigenvalue weighted by Crippen LogP contribution is -1.87. The Bertz CT molecular complexity index is 589. The summed E-state index contributed by atoms with van der Waals surface area (Å²) >= 11 is 1.63. The molecule has 0 fully saturated rings. The molecule has 0 spiro atoms. The van der Waals surface area contributed by atoms with Gasteiger partial charge in [0.2, 0.25) is 0 Å². The Labute approximate surface area is 90.5 Å². The smallest absolute Gasteiger partial charge is 0.161 e. The van der Waals surface area contributed by atoms with Crippen molar-refractivity contribution in [2.45, 2.75) is 0 Å². The molecule has 0 unspecified atom stereocenters. The van der Waals surface area contributed by atoms with Gasteiger partial charge in [-0.05, 0) is 18.2 Å². The minimum atomic E-state index is 0.731. The van der Waals surface area contributed by atoms with Crippen LogP contribution >= 0.6 is 11.3 Å².